The Morgan fingerprint density at radius 3 is 2.61 bits per heavy atom. The zero-order valence-corrected chi connectivity index (χ0v) is 16.4. The Morgan fingerprint density at radius 1 is 1.16 bits per heavy atom. The number of alkyl halides is 3. The lowest BCUT2D eigenvalue weighted by Crippen LogP contribution is -2.29. The summed E-state index contributed by atoms with van der Waals surface area (Å²) < 4.78 is 44.5. The number of anilines is 2. The molecule has 2 aromatic heterocycles. The van der Waals surface area contributed by atoms with Crippen molar-refractivity contribution < 1.29 is 22.4 Å². The number of furan rings is 1. The van der Waals surface area contributed by atoms with Crippen molar-refractivity contribution in [1.29, 1.82) is 0 Å². The van der Waals surface area contributed by atoms with Crippen LogP contribution in [0.15, 0.2) is 47.1 Å². The Morgan fingerprint density at radius 2 is 1.94 bits per heavy atom. The number of nitrogen functional groups attached to an aromatic ring is 1. The van der Waals surface area contributed by atoms with Gasteiger partial charge in [0.1, 0.15) is 17.1 Å². The molecule has 0 atom stereocenters. The van der Waals surface area contributed by atoms with E-state index in [1.165, 1.54) is 12.3 Å². The Bertz CT molecular complexity index is 1080. The minimum atomic E-state index is -4.45. The van der Waals surface area contributed by atoms with Crippen LogP contribution in [0.4, 0.5) is 24.9 Å². The third-order valence-corrected chi connectivity index (χ3v) is 5.00. The molecule has 0 aliphatic carbocycles. The quantitative estimate of drug-likeness (QED) is 0.629. The first-order chi connectivity index (χ1) is 14.8. The molecular weight excluding hydrogens is 411 g/mol. The predicted molar refractivity (Wildman–Crippen MR) is 108 cm³/mol. The molecule has 162 valence electrons. The van der Waals surface area contributed by atoms with E-state index in [9.17, 15) is 18.0 Å². The summed E-state index contributed by atoms with van der Waals surface area (Å²) in [7, 11) is 0. The number of carbonyl (C=O) groups is 1. The van der Waals surface area contributed by atoms with E-state index < -0.39 is 11.7 Å². The van der Waals surface area contributed by atoms with Crippen molar-refractivity contribution in [3.8, 4) is 11.5 Å². The molecule has 0 unspecified atom stereocenters. The minimum Gasteiger partial charge on any atom is -0.463 e. The number of carbonyl (C=O) groups excluding carboxylic acids is 1. The molecular formula is C21H20F3N5O2. The second-order valence-corrected chi connectivity index (χ2v) is 7.18. The molecule has 0 bridgehead atoms. The van der Waals surface area contributed by atoms with E-state index in [0.29, 0.717) is 24.4 Å². The molecule has 10 heteroatoms. The average Bonchev–Trinajstić information content (AvgIpc) is 3.45. The number of hydrogen-bond donors (Lipinski definition) is 2. The number of aromatic nitrogens is 2. The van der Waals surface area contributed by atoms with Gasteiger partial charge in [-0.25, -0.2) is 4.98 Å². The molecule has 3 N–H and O–H groups in total. The van der Waals surface area contributed by atoms with Crippen molar-refractivity contribution in [2.24, 2.45) is 0 Å². The van der Waals surface area contributed by atoms with Crippen molar-refractivity contribution in [3.05, 3.63) is 59.4 Å². The van der Waals surface area contributed by atoms with Crippen molar-refractivity contribution in [3.63, 3.8) is 0 Å². The Balaban J connectivity index is 1.70. The highest BCUT2D eigenvalue weighted by Gasteiger charge is 2.31. The van der Waals surface area contributed by atoms with Crippen LogP contribution in [0.3, 0.4) is 0 Å². The second kappa shape index (κ2) is 8.29. The number of nitrogens with two attached hydrogens (primary N) is 1. The molecule has 3 aromatic rings. The van der Waals surface area contributed by atoms with E-state index in [-0.39, 0.29) is 35.5 Å². The first-order valence-corrected chi connectivity index (χ1v) is 9.73. The summed E-state index contributed by atoms with van der Waals surface area (Å²) in [5, 5.41) is 2.97. The fraction of sp³-hybridized carbons (Fsp3) is 0.286. The van der Waals surface area contributed by atoms with E-state index in [0.717, 1.165) is 25.0 Å². The number of nitrogens with one attached hydrogen (secondary N) is 1. The summed E-state index contributed by atoms with van der Waals surface area (Å²) in [5.74, 6) is 0.123. The molecule has 7 nitrogen and oxygen atoms in total. The van der Waals surface area contributed by atoms with Crippen LogP contribution in [-0.4, -0.2) is 33.9 Å². The van der Waals surface area contributed by atoms with Crippen LogP contribution in [0.5, 0.6) is 0 Å². The minimum absolute atomic E-state index is 0.0122. The van der Waals surface area contributed by atoms with E-state index in [1.807, 2.05) is 0 Å². The van der Waals surface area contributed by atoms with E-state index in [4.69, 9.17) is 10.2 Å². The third kappa shape index (κ3) is 4.47. The van der Waals surface area contributed by atoms with Crippen molar-refractivity contribution in [2.75, 3.05) is 24.1 Å². The van der Waals surface area contributed by atoms with Gasteiger partial charge in [0, 0.05) is 19.6 Å². The molecule has 3 heterocycles. The van der Waals surface area contributed by atoms with Crippen LogP contribution in [0.2, 0.25) is 0 Å². The summed E-state index contributed by atoms with van der Waals surface area (Å²) in [6.07, 6.45) is -1.21. The zero-order valence-electron chi connectivity index (χ0n) is 16.4. The number of hydrogen-bond acceptors (Lipinski definition) is 6. The number of nitrogens with zero attached hydrogens (tertiary/aromatic N) is 3. The van der Waals surface area contributed by atoms with Gasteiger partial charge in [-0.3, -0.25) is 4.79 Å². The van der Waals surface area contributed by atoms with Crippen LogP contribution < -0.4 is 11.1 Å². The van der Waals surface area contributed by atoms with Gasteiger partial charge in [-0.2, -0.15) is 18.2 Å². The van der Waals surface area contributed by atoms with Crippen LogP contribution in [0.1, 0.15) is 34.3 Å². The maximum absolute atomic E-state index is 13.3. The number of rotatable bonds is 5. The Hall–Kier alpha value is -3.56. The van der Waals surface area contributed by atoms with Crippen molar-refractivity contribution in [1.82, 2.24) is 14.9 Å². The van der Waals surface area contributed by atoms with Crippen LogP contribution in [-0.2, 0) is 12.7 Å². The summed E-state index contributed by atoms with van der Waals surface area (Å²) in [6, 6.07) is 8.25. The van der Waals surface area contributed by atoms with Crippen molar-refractivity contribution >= 4 is 17.7 Å². The van der Waals surface area contributed by atoms with Gasteiger partial charge in [0.25, 0.3) is 5.91 Å². The lowest BCUT2D eigenvalue weighted by molar-refractivity contribution is -0.137. The summed E-state index contributed by atoms with van der Waals surface area (Å²) in [4.78, 5) is 23.3. The SMILES string of the molecule is Nc1nc(NCc2cccc(C(F)(F)F)c2)c(C(=O)N2CCCC2)c(-c2ccco2)n1. The standard InChI is InChI=1S/C21H20F3N5O2/c22-21(23,24)14-6-3-5-13(11-14)12-26-18-16(19(30)29-8-1-2-9-29)17(27-20(25)28-18)15-7-4-10-31-15/h3-7,10-11H,1-2,8-9,12H2,(H3,25,26,27,28). The first-order valence-electron chi connectivity index (χ1n) is 9.73. The van der Waals surface area contributed by atoms with E-state index >= 15 is 0 Å². The largest absolute Gasteiger partial charge is 0.463 e. The molecule has 4 rings (SSSR count). The van der Waals surface area contributed by atoms with Gasteiger partial charge in [-0.15, -0.1) is 0 Å². The lowest BCUT2D eigenvalue weighted by Gasteiger charge is -2.20. The number of amides is 1. The maximum Gasteiger partial charge on any atom is 0.416 e. The van der Waals surface area contributed by atoms with Gasteiger partial charge in [0.15, 0.2) is 5.76 Å². The maximum atomic E-state index is 13.3. The predicted octanol–water partition coefficient (Wildman–Crippen LogP) is 4.19. The fourth-order valence-corrected chi connectivity index (χ4v) is 3.52. The molecule has 1 fully saturated rings. The van der Waals surface area contributed by atoms with Gasteiger partial charge >= 0.3 is 6.18 Å². The summed E-state index contributed by atoms with van der Waals surface area (Å²) in [6.45, 7) is 1.22. The van der Waals surface area contributed by atoms with Crippen LogP contribution in [0, 0.1) is 0 Å². The van der Waals surface area contributed by atoms with Gasteiger partial charge in [0.2, 0.25) is 5.95 Å². The molecule has 31 heavy (non-hydrogen) atoms. The molecule has 0 spiro atoms. The monoisotopic (exact) mass is 431 g/mol. The molecule has 1 amide bonds. The van der Waals surface area contributed by atoms with Gasteiger partial charge in [-0.05, 0) is 42.7 Å². The third-order valence-electron chi connectivity index (χ3n) is 5.00. The highest BCUT2D eigenvalue weighted by Crippen LogP contribution is 2.32. The molecule has 1 aromatic carbocycles. The Labute approximate surface area is 176 Å². The fourth-order valence-electron chi connectivity index (χ4n) is 3.52. The van der Waals surface area contributed by atoms with E-state index in [1.54, 1.807) is 23.1 Å². The average molecular weight is 431 g/mol. The molecule has 0 radical (unpaired) electrons. The summed E-state index contributed by atoms with van der Waals surface area (Å²) >= 11 is 0. The van der Waals surface area contributed by atoms with Gasteiger partial charge in [-0.1, -0.05) is 12.1 Å². The van der Waals surface area contributed by atoms with Gasteiger partial charge in [0.05, 0.1) is 11.8 Å². The highest BCUT2D eigenvalue weighted by atomic mass is 19.4. The number of likely N-dealkylation sites (tertiary alicyclic amines) is 1. The summed E-state index contributed by atoms with van der Waals surface area (Å²) in [5.41, 5.74) is 5.91. The smallest absolute Gasteiger partial charge is 0.416 e. The molecule has 1 aliphatic heterocycles. The van der Waals surface area contributed by atoms with Crippen LogP contribution in [0.25, 0.3) is 11.5 Å². The molecule has 1 saturated heterocycles. The van der Waals surface area contributed by atoms with Gasteiger partial charge < -0.3 is 20.4 Å². The first kappa shape index (κ1) is 20.7. The lowest BCUT2D eigenvalue weighted by atomic mass is 10.1. The topological polar surface area (TPSA) is 97.3 Å². The number of benzene rings is 1. The number of halogens is 3. The highest BCUT2D eigenvalue weighted by molar-refractivity contribution is 6.04. The normalized spacial score (nSPS) is 14.1. The second-order valence-electron chi connectivity index (χ2n) is 7.18. The molecule has 0 saturated carbocycles. The van der Waals surface area contributed by atoms with E-state index in [2.05, 4.69) is 15.3 Å². The van der Waals surface area contributed by atoms with Crippen LogP contribution >= 0.6 is 0 Å². The molecule has 1 aliphatic rings. The Kier molecular flexibility index (Phi) is 5.53. The zero-order chi connectivity index (χ0) is 22.0. The van der Waals surface area contributed by atoms with Crippen molar-refractivity contribution in [2.45, 2.75) is 25.6 Å².